The Morgan fingerprint density at radius 1 is 1.09 bits per heavy atom. The Kier molecular flexibility index (Phi) is 6.85. The smallest absolute Gasteiger partial charge is 0.267 e. The third-order valence-corrected chi connectivity index (χ3v) is 9.48. The van der Waals surface area contributed by atoms with E-state index in [1.807, 2.05) is 17.0 Å². The first-order valence-corrected chi connectivity index (χ1v) is 14.4. The summed E-state index contributed by atoms with van der Waals surface area (Å²) in [5, 5.41) is 1.40. The number of benzene rings is 1. The molecule has 34 heavy (non-hydrogen) atoms. The minimum absolute atomic E-state index is 0.00306. The molecule has 5 nitrogen and oxygen atoms in total. The predicted octanol–water partition coefficient (Wildman–Crippen LogP) is 5.77. The van der Waals surface area contributed by atoms with Crippen LogP contribution < -0.4 is 5.56 Å². The molecular weight excluding hydrogens is 462 g/mol. The van der Waals surface area contributed by atoms with Gasteiger partial charge in [-0.2, -0.15) is 0 Å². The Hall–Kier alpha value is -2.12. The number of thiophene rings is 1. The first kappa shape index (κ1) is 23.6. The fourth-order valence-electron chi connectivity index (χ4n) is 5.51. The van der Waals surface area contributed by atoms with Gasteiger partial charge in [-0.25, -0.2) is 4.98 Å². The van der Waals surface area contributed by atoms with Gasteiger partial charge in [0.25, 0.3) is 5.56 Å². The Balaban J connectivity index is 1.55. The molecule has 1 amide bonds. The number of carbonyl (C=O) groups excluding carboxylic acids is 1. The van der Waals surface area contributed by atoms with E-state index < -0.39 is 0 Å². The second kappa shape index (κ2) is 9.86. The highest BCUT2D eigenvalue weighted by Crippen LogP contribution is 2.35. The standard InChI is InChI=1S/C27H33N3O2S2/c1-4-19-12-14-20(15-13-19)30-26(32)24-21-10-5-6-11-22(21)34-25(24)28-27(30)33-16-23(31)29-17(2)8-7-9-18(29)3/h12-15,17-18H,4-11,16H2,1-3H3/t17-,18-/m0/s1. The van der Waals surface area contributed by atoms with Crippen molar-refractivity contribution in [3.8, 4) is 5.69 Å². The van der Waals surface area contributed by atoms with Crippen molar-refractivity contribution < 1.29 is 4.79 Å². The van der Waals surface area contributed by atoms with Crippen molar-refractivity contribution in [2.75, 3.05) is 5.75 Å². The number of aryl methyl sites for hydroxylation is 3. The lowest BCUT2D eigenvalue weighted by Gasteiger charge is -2.39. The zero-order valence-electron chi connectivity index (χ0n) is 20.3. The lowest BCUT2D eigenvalue weighted by atomic mass is 9.97. The number of amides is 1. The van der Waals surface area contributed by atoms with Crippen LogP contribution in [0.1, 0.15) is 68.9 Å². The summed E-state index contributed by atoms with van der Waals surface area (Å²) in [5.74, 6) is 0.433. The van der Waals surface area contributed by atoms with E-state index >= 15 is 0 Å². The minimum Gasteiger partial charge on any atom is -0.337 e. The third-order valence-electron chi connectivity index (χ3n) is 7.37. The molecule has 2 aromatic heterocycles. The molecule has 2 aliphatic rings. The summed E-state index contributed by atoms with van der Waals surface area (Å²) in [7, 11) is 0. The molecule has 0 spiro atoms. The van der Waals surface area contributed by atoms with E-state index in [0.717, 1.165) is 54.4 Å². The lowest BCUT2D eigenvalue weighted by molar-refractivity contribution is -0.134. The zero-order chi connectivity index (χ0) is 23.8. The predicted molar refractivity (Wildman–Crippen MR) is 142 cm³/mol. The van der Waals surface area contributed by atoms with Crippen molar-refractivity contribution in [2.24, 2.45) is 0 Å². The third kappa shape index (κ3) is 4.33. The molecule has 3 heterocycles. The fraction of sp³-hybridized carbons (Fsp3) is 0.519. The maximum atomic E-state index is 13.9. The van der Waals surface area contributed by atoms with Crippen molar-refractivity contribution >= 4 is 39.2 Å². The molecule has 5 rings (SSSR count). The van der Waals surface area contributed by atoms with Crippen LogP contribution in [0.15, 0.2) is 34.2 Å². The summed E-state index contributed by atoms with van der Waals surface area (Å²) in [4.78, 5) is 36.3. The number of carbonyl (C=O) groups is 1. The lowest BCUT2D eigenvalue weighted by Crippen LogP contribution is -2.48. The number of likely N-dealkylation sites (tertiary alicyclic amines) is 1. The van der Waals surface area contributed by atoms with E-state index in [0.29, 0.717) is 10.9 Å². The van der Waals surface area contributed by atoms with Crippen molar-refractivity contribution in [2.45, 2.75) is 89.4 Å². The Bertz CT molecular complexity index is 1250. The van der Waals surface area contributed by atoms with Gasteiger partial charge in [0.05, 0.1) is 16.8 Å². The van der Waals surface area contributed by atoms with Crippen LogP contribution in [-0.4, -0.2) is 38.2 Å². The normalized spacial score (nSPS) is 20.5. The van der Waals surface area contributed by atoms with Crippen LogP contribution in [0.25, 0.3) is 15.9 Å². The van der Waals surface area contributed by atoms with Gasteiger partial charge in [-0.05, 0) is 88.5 Å². The molecule has 1 aromatic carbocycles. The van der Waals surface area contributed by atoms with Gasteiger partial charge < -0.3 is 4.90 Å². The maximum Gasteiger partial charge on any atom is 0.267 e. The molecule has 7 heteroatoms. The number of aromatic nitrogens is 2. The summed E-state index contributed by atoms with van der Waals surface area (Å²) in [6, 6.07) is 8.69. The molecule has 1 saturated heterocycles. The number of fused-ring (bicyclic) bond motifs is 3. The van der Waals surface area contributed by atoms with E-state index in [4.69, 9.17) is 4.98 Å². The number of thioether (sulfide) groups is 1. The van der Waals surface area contributed by atoms with Crippen LogP contribution in [0.3, 0.4) is 0 Å². The highest BCUT2D eigenvalue weighted by Gasteiger charge is 2.29. The Labute approximate surface area is 209 Å². The molecule has 0 unspecified atom stereocenters. The quantitative estimate of drug-likeness (QED) is 0.333. The topological polar surface area (TPSA) is 55.2 Å². The maximum absolute atomic E-state index is 13.9. The SMILES string of the molecule is CCc1ccc(-n2c(SCC(=O)N3[C@@H](C)CCC[C@@H]3C)nc3sc4c(c3c2=O)CCCC4)cc1. The van der Waals surface area contributed by atoms with E-state index in [9.17, 15) is 9.59 Å². The second-order valence-corrected chi connectivity index (χ2v) is 11.7. The molecule has 1 fully saturated rings. The van der Waals surface area contributed by atoms with Crippen molar-refractivity contribution in [3.05, 3.63) is 50.6 Å². The van der Waals surface area contributed by atoms with Gasteiger partial charge in [-0.1, -0.05) is 30.8 Å². The summed E-state index contributed by atoms with van der Waals surface area (Å²) < 4.78 is 1.74. The molecule has 1 aliphatic heterocycles. The fourth-order valence-corrected chi connectivity index (χ4v) is 7.69. The number of hydrogen-bond acceptors (Lipinski definition) is 5. The second-order valence-electron chi connectivity index (χ2n) is 9.66. The van der Waals surface area contributed by atoms with Gasteiger partial charge in [0, 0.05) is 17.0 Å². The number of piperidine rings is 1. The van der Waals surface area contributed by atoms with Gasteiger partial charge in [-0.15, -0.1) is 11.3 Å². The van der Waals surface area contributed by atoms with Crippen LogP contribution in [0.2, 0.25) is 0 Å². The number of nitrogens with zero attached hydrogens (tertiary/aromatic N) is 3. The van der Waals surface area contributed by atoms with Gasteiger partial charge in [0.2, 0.25) is 5.91 Å². The van der Waals surface area contributed by atoms with E-state index in [1.54, 1.807) is 15.9 Å². The van der Waals surface area contributed by atoms with Crippen molar-refractivity contribution in [3.63, 3.8) is 0 Å². The average molecular weight is 496 g/mol. The van der Waals surface area contributed by atoms with E-state index in [2.05, 4.69) is 32.9 Å². The summed E-state index contributed by atoms with van der Waals surface area (Å²) >= 11 is 3.07. The first-order chi connectivity index (χ1) is 16.5. The summed E-state index contributed by atoms with van der Waals surface area (Å²) in [6.07, 6.45) is 8.53. The average Bonchev–Trinajstić information content (AvgIpc) is 3.21. The molecule has 2 atom stereocenters. The van der Waals surface area contributed by atoms with Gasteiger partial charge >= 0.3 is 0 Å². The molecule has 0 bridgehead atoms. The van der Waals surface area contributed by atoms with Gasteiger partial charge in [-0.3, -0.25) is 14.2 Å². The zero-order valence-corrected chi connectivity index (χ0v) is 21.9. The molecule has 0 saturated carbocycles. The van der Waals surface area contributed by atoms with Crippen molar-refractivity contribution in [1.82, 2.24) is 14.5 Å². The van der Waals surface area contributed by atoms with Crippen LogP contribution >= 0.6 is 23.1 Å². The first-order valence-electron chi connectivity index (χ1n) is 12.6. The number of hydrogen-bond donors (Lipinski definition) is 0. The summed E-state index contributed by atoms with van der Waals surface area (Å²) in [5.41, 5.74) is 3.26. The molecule has 0 N–H and O–H groups in total. The Morgan fingerprint density at radius 2 is 1.79 bits per heavy atom. The summed E-state index contributed by atoms with van der Waals surface area (Å²) in [6.45, 7) is 6.41. The highest BCUT2D eigenvalue weighted by molar-refractivity contribution is 7.99. The minimum atomic E-state index is 0.00306. The molecule has 0 radical (unpaired) electrons. The molecule has 3 aromatic rings. The van der Waals surface area contributed by atoms with Crippen LogP contribution in [0.4, 0.5) is 0 Å². The van der Waals surface area contributed by atoms with Crippen LogP contribution in [0, 0.1) is 0 Å². The van der Waals surface area contributed by atoms with Crippen molar-refractivity contribution in [1.29, 1.82) is 0 Å². The molecule has 1 aliphatic carbocycles. The van der Waals surface area contributed by atoms with Crippen LogP contribution in [0.5, 0.6) is 0 Å². The van der Waals surface area contributed by atoms with Gasteiger partial charge in [0.15, 0.2) is 5.16 Å². The van der Waals surface area contributed by atoms with Crippen LogP contribution in [-0.2, 0) is 24.1 Å². The molecular formula is C27H33N3O2S2. The van der Waals surface area contributed by atoms with E-state index in [-0.39, 0.29) is 23.6 Å². The monoisotopic (exact) mass is 495 g/mol. The van der Waals surface area contributed by atoms with E-state index in [1.165, 1.54) is 40.6 Å². The number of rotatable bonds is 5. The largest absolute Gasteiger partial charge is 0.337 e. The molecule has 180 valence electrons. The Morgan fingerprint density at radius 3 is 2.50 bits per heavy atom. The highest BCUT2D eigenvalue weighted by atomic mass is 32.2. The van der Waals surface area contributed by atoms with Gasteiger partial charge in [0.1, 0.15) is 4.83 Å².